The Kier molecular flexibility index (Phi) is 3.48. The van der Waals surface area contributed by atoms with Crippen molar-refractivity contribution in [2.24, 2.45) is 0 Å². The summed E-state index contributed by atoms with van der Waals surface area (Å²) >= 11 is 0. The normalized spacial score (nSPS) is 26.4. The SMILES string of the molecule is Cc1noc(C)c1S(=O)(=O)N1C[C@H](C)O[C@@H](C)C1. The van der Waals surface area contributed by atoms with E-state index < -0.39 is 10.0 Å². The molecule has 1 aromatic heterocycles. The van der Waals surface area contributed by atoms with Gasteiger partial charge in [0.1, 0.15) is 10.6 Å². The molecule has 0 aliphatic carbocycles. The van der Waals surface area contributed by atoms with Gasteiger partial charge in [0.25, 0.3) is 0 Å². The maximum absolute atomic E-state index is 12.6. The summed E-state index contributed by atoms with van der Waals surface area (Å²) < 4.78 is 37.0. The van der Waals surface area contributed by atoms with Gasteiger partial charge in [-0.05, 0) is 27.7 Å². The topological polar surface area (TPSA) is 72.6 Å². The highest BCUT2D eigenvalue weighted by atomic mass is 32.2. The summed E-state index contributed by atoms with van der Waals surface area (Å²) in [5.74, 6) is 0.333. The zero-order valence-electron chi connectivity index (χ0n) is 11.0. The molecule has 0 unspecified atom stereocenters. The van der Waals surface area contributed by atoms with Crippen molar-refractivity contribution in [2.45, 2.75) is 44.8 Å². The van der Waals surface area contributed by atoms with Crippen molar-refractivity contribution < 1.29 is 17.7 Å². The summed E-state index contributed by atoms with van der Waals surface area (Å²) in [7, 11) is -3.55. The van der Waals surface area contributed by atoms with E-state index in [0.717, 1.165) is 0 Å². The molecule has 1 fully saturated rings. The molecule has 0 spiro atoms. The Bertz CT molecular complexity index is 508. The van der Waals surface area contributed by atoms with Crippen molar-refractivity contribution in [3.05, 3.63) is 11.5 Å². The van der Waals surface area contributed by atoms with Crippen LogP contribution in [0, 0.1) is 13.8 Å². The molecule has 102 valence electrons. The van der Waals surface area contributed by atoms with Crippen LogP contribution in [-0.4, -0.2) is 43.2 Å². The van der Waals surface area contributed by atoms with Gasteiger partial charge in [-0.15, -0.1) is 0 Å². The van der Waals surface area contributed by atoms with Gasteiger partial charge in [0, 0.05) is 13.1 Å². The number of nitrogens with zero attached hydrogens (tertiary/aromatic N) is 2. The summed E-state index contributed by atoms with van der Waals surface area (Å²) in [6.07, 6.45) is -0.215. The van der Waals surface area contributed by atoms with Gasteiger partial charge in [-0.2, -0.15) is 4.31 Å². The number of sulfonamides is 1. The van der Waals surface area contributed by atoms with Crippen LogP contribution in [0.3, 0.4) is 0 Å². The van der Waals surface area contributed by atoms with E-state index in [4.69, 9.17) is 9.26 Å². The van der Waals surface area contributed by atoms with E-state index in [2.05, 4.69) is 5.16 Å². The Balaban J connectivity index is 2.37. The number of aromatic nitrogens is 1. The largest absolute Gasteiger partial charge is 0.373 e. The molecule has 0 N–H and O–H groups in total. The molecule has 1 aliphatic heterocycles. The molecule has 2 atom stereocenters. The highest BCUT2D eigenvalue weighted by molar-refractivity contribution is 7.89. The predicted octanol–water partition coefficient (Wildman–Crippen LogP) is 1.09. The maximum atomic E-state index is 12.6. The number of aryl methyl sites for hydroxylation is 2. The molecule has 2 rings (SSSR count). The highest BCUT2D eigenvalue weighted by Gasteiger charge is 2.35. The van der Waals surface area contributed by atoms with Gasteiger partial charge in [-0.3, -0.25) is 0 Å². The lowest BCUT2D eigenvalue weighted by Gasteiger charge is -2.34. The van der Waals surface area contributed by atoms with Gasteiger partial charge in [0.2, 0.25) is 10.0 Å². The molecule has 1 aromatic rings. The lowest BCUT2D eigenvalue weighted by atomic mass is 10.3. The molecule has 2 heterocycles. The second-order valence-electron chi connectivity index (χ2n) is 4.73. The van der Waals surface area contributed by atoms with Gasteiger partial charge >= 0.3 is 0 Å². The summed E-state index contributed by atoms with van der Waals surface area (Å²) in [5.41, 5.74) is 0.402. The lowest BCUT2D eigenvalue weighted by Crippen LogP contribution is -2.48. The van der Waals surface area contributed by atoms with Crippen molar-refractivity contribution in [1.82, 2.24) is 9.46 Å². The molecular weight excluding hydrogens is 256 g/mol. The third-order valence-corrected chi connectivity index (χ3v) is 5.03. The summed E-state index contributed by atoms with van der Waals surface area (Å²) in [6, 6.07) is 0. The number of hydrogen-bond donors (Lipinski definition) is 0. The molecule has 6 nitrogen and oxygen atoms in total. The monoisotopic (exact) mass is 274 g/mol. The number of rotatable bonds is 2. The second kappa shape index (κ2) is 4.64. The molecule has 0 radical (unpaired) electrons. The van der Waals surface area contributed by atoms with Crippen LogP contribution in [0.15, 0.2) is 9.42 Å². The minimum absolute atomic E-state index is 0.107. The number of ether oxygens (including phenoxy) is 1. The first-order valence-electron chi connectivity index (χ1n) is 5.91. The molecule has 18 heavy (non-hydrogen) atoms. The van der Waals surface area contributed by atoms with E-state index >= 15 is 0 Å². The van der Waals surface area contributed by atoms with Crippen LogP contribution in [0.1, 0.15) is 25.3 Å². The second-order valence-corrected chi connectivity index (χ2v) is 6.61. The predicted molar refractivity (Wildman–Crippen MR) is 64.7 cm³/mol. The standard InChI is InChI=1S/C11H18N2O4S/c1-7-5-13(6-8(2)16-7)18(14,15)11-9(3)12-17-10(11)4/h7-8H,5-6H2,1-4H3/t7-,8-/m0/s1. The summed E-state index contributed by atoms with van der Waals surface area (Å²) in [5, 5.41) is 3.70. The Morgan fingerprint density at radius 1 is 1.22 bits per heavy atom. The highest BCUT2D eigenvalue weighted by Crippen LogP contribution is 2.25. The molecule has 1 aliphatic rings. The third kappa shape index (κ3) is 2.30. The fourth-order valence-corrected chi connectivity index (χ4v) is 4.18. The van der Waals surface area contributed by atoms with E-state index in [1.54, 1.807) is 13.8 Å². The fraction of sp³-hybridized carbons (Fsp3) is 0.727. The average molecular weight is 274 g/mol. The van der Waals surface area contributed by atoms with Crippen LogP contribution in [0.2, 0.25) is 0 Å². The summed E-state index contributed by atoms with van der Waals surface area (Å²) in [6.45, 7) is 7.70. The zero-order chi connectivity index (χ0) is 13.5. The number of hydrogen-bond acceptors (Lipinski definition) is 5. The molecule has 0 aromatic carbocycles. The van der Waals surface area contributed by atoms with Crippen LogP contribution < -0.4 is 0 Å². The summed E-state index contributed by atoms with van der Waals surface area (Å²) in [4.78, 5) is 0.184. The van der Waals surface area contributed by atoms with Crippen molar-refractivity contribution in [1.29, 1.82) is 0 Å². The van der Waals surface area contributed by atoms with E-state index in [-0.39, 0.29) is 17.1 Å². The lowest BCUT2D eigenvalue weighted by molar-refractivity contribution is -0.0441. The van der Waals surface area contributed by atoms with E-state index in [0.29, 0.717) is 24.5 Å². The Morgan fingerprint density at radius 3 is 2.22 bits per heavy atom. The van der Waals surface area contributed by atoms with Gasteiger partial charge in [0.05, 0.1) is 12.2 Å². The molecule has 7 heteroatoms. The third-order valence-electron chi connectivity index (χ3n) is 2.95. The van der Waals surface area contributed by atoms with Crippen LogP contribution in [0.5, 0.6) is 0 Å². The van der Waals surface area contributed by atoms with Gasteiger partial charge < -0.3 is 9.26 Å². The Hall–Kier alpha value is -0.920. The molecule has 0 saturated carbocycles. The van der Waals surface area contributed by atoms with E-state index in [9.17, 15) is 8.42 Å². The first kappa shape index (κ1) is 13.5. The molecule has 1 saturated heterocycles. The fourth-order valence-electron chi connectivity index (χ4n) is 2.30. The van der Waals surface area contributed by atoms with Crippen LogP contribution in [-0.2, 0) is 14.8 Å². The Labute approximate surface area is 107 Å². The minimum Gasteiger partial charge on any atom is -0.373 e. The molecule has 0 bridgehead atoms. The maximum Gasteiger partial charge on any atom is 0.248 e. The van der Waals surface area contributed by atoms with Crippen molar-refractivity contribution in [3.63, 3.8) is 0 Å². The molecule has 0 amide bonds. The van der Waals surface area contributed by atoms with E-state index in [1.807, 2.05) is 13.8 Å². The van der Waals surface area contributed by atoms with Gasteiger partial charge in [-0.1, -0.05) is 5.16 Å². The quantitative estimate of drug-likeness (QED) is 0.807. The Morgan fingerprint density at radius 2 is 1.78 bits per heavy atom. The molecular formula is C11H18N2O4S. The zero-order valence-corrected chi connectivity index (χ0v) is 11.8. The van der Waals surface area contributed by atoms with Crippen LogP contribution in [0.25, 0.3) is 0 Å². The first-order chi connectivity index (χ1) is 8.32. The number of morpholine rings is 1. The van der Waals surface area contributed by atoms with E-state index in [1.165, 1.54) is 4.31 Å². The first-order valence-corrected chi connectivity index (χ1v) is 7.35. The minimum atomic E-state index is -3.55. The van der Waals surface area contributed by atoms with Crippen LogP contribution in [0.4, 0.5) is 0 Å². The van der Waals surface area contributed by atoms with Gasteiger partial charge in [0.15, 0.2) is 5.76 Å². The average Bonchev–Trinajstić information content (AvgIpc) is 2.57. The van der Waals surface area contributed by atoms with Crippen molar-refractivity contribution >= 4 is 10.0 Å². The van der Waals surface area contributed by atoms with Gasteiger partial charge in [-0.25, -0.2) is 8.42 Å². The van der Waals surface area contributed by atoms with Crippen molar-refractivity contribution in [2.75, 3.05) is 13.1 Å². The van der Waals surface area contributed by atoms with Crippen LogP contribution >= 0.6 is 0 Å². The smallest absolute Gasteiger partial charge is 0.248 e. The van der Waals surface area contributed by atoms with Crippen molar-refractivity contribution in [3.8, 4) is 0 Å².